The van der Waals surface area contributed by atoms with E-state index in [1.54, 1.807) is 30.6 Å². The van der Waals surface area contributed by atoms with Crippen LogP contribution in [0.25, 0.3) is 0 Å². The normalized spacial score (nSPS) is 12.4. The Labute approximate surface area is 92.4 Å². The zero-order valence-corrected chi connectivity index (χ0v) is 8.59. The molecule has 0 aliphatic carbocycles. The summed E-state index contributed by atoms with van der Waals surface area (Å²) in [6, 6.07) is 8.80. The molecule has 1 atom stereocenters. The second kappa shape index (κ2) is 4.38. The Morgan fingerprint density at radius 2 is 1.73 bits per heavy atom. The number of rotatable bonds is 2. The van der Waals surface area contributed by atoms with Crippen LogP contribution in [-0.4, -0.2) is 15.1 Å². The summed E-state index contributed by atoms with van der Waals surface area (Å²) in [5.41, 5.74) is 0.616. The van der Waals surface area contributed by atoms with E-state index in [1.165, 1.54) is 0 Å². The van der Waals surface area contributed by atoms with Gasteiger partial charge in [0, 0.05) is 23.0 Å². The topological polar surface area (TPSA) is 46.0 Å². The van der Waals surface area contributed by atoms with Gasteiger partial charge >= 0.3 is 0 Å². The zero-order valence-electron chi connectivity index (χ0n) is 7.84. The molecule has 3 nitrogen and oxygen atoms in total. The van der Waals surface area contributed by atoms with Gasteiger partial charge in [0.2, 0.25) is 0 Å². The Bertz CT molecular complexity index is 447. The number of hydrogen-bond acceptors (Lipinski definition) is 3. The fraction of sp³-hybridized carbons (Fsp3) is 0.0909. The average molecular weight is 221 g/mol. The first-order chi connectivity index (χ1) is 7.29. The maximum Gasteiger partial charge on any atom is 0.161 e. The maximum absolute atomic E-state index is 9.96. The fourth-order valence-corrected chi connectivity index (χ4v) is 1.53. The van der Waals surface area contributed by atoms with Crippen molar-refractivity contribution in [3.8, 4) is 0 Å². The Hall–Kier alpha value is -1.45. The SMILES string of the molecule is OC(c1ncccn1)c1ccccc1Cl. The molecular weight excluding hydrogens is 212 g/mol. The molecule has 4 heteroatoms. The van der Waals surface area contributed by atoms with Gasteiger partial charge in [0.1, 0.15) is 6.10 Å². The van der Waals surface area contributed by atoms with E-state index in [2.05, 4.69) is 9.97 Å². The third kappa shape index (κ3) is 2.14. The monoisotopic (exact) mass is 220 g/mol. The van der Waals surface area contributed by atoms with E-state index in [-0.39, 0.29) is 0 Å². The number of benzene rings is 1. The predicted molar refractivity (Wildman–Crippen MR) is 57.5 cm³/mol. The van der Waals surface area contributed by atoms with Crippen LogP contribution < -0.4 is 0 Å². The summed E-state index contributed by atoms with van der Waals surface area (Å²) in [5.74, 6) is 0.352. The van der Waals surface area contributed by atoms with Crippen molar-refractivity contribution in [2.75, 3.05) is 0 Å². The van der Waals surface area contributed by atoms with Gasteiger partial charge in [-0.2, -0.15) is 0 Å². The van der Waals surface area contributed by atoms with E-state index in [4.69, 9.17) is 11.6 Å². The predicted octanol–water partition coefficient (Wildman–Crippen LogP) is 2.21. The van der Waals surface area contributed by atoms with Gasteiger partial charge in [-0.25, -0.2) is 9.97 Å². The molecule has 0 saturated heterocycles. The molecule has 0 radical (unpaired) electrons. The maximum atomic E-state index is 9.96. The summed E-state index contributed by atoms with van der Waals surface area (Å²) < 4.78 is 0. The minimum Gasteiger partial charge on any atom is -0.380 e. The van der Waals surface area contributed by atoms with Crippen molar-refractivity contribution in [2.45, 2.75) is 6.10 Å². The lowest BCUT2D eigenvalue weighted by Crippen LogP contribution is -2.04. The lowest BCUT2D eigenvalue weighted by molar-refractivity contribution is 0.210. The van der Waals surface area contributed by atoms with Gasteiger partial charge in [0.25, 0.3) is 0 Å². The van der Waals surface area contributed by atoms with Gasteiger partial charge < -0.3 is 5.11 Å². The molecule has 15 heavy (non-hydrogen) atoms. The van der Waals surface area contributed by atoms with Crippen LogP contribution in [0, 0.1) is 0 Å². The molecule has 1 unspecified atom stereocenters. The summed E-state index contributed by atoms with van der Waals surface area (Å²) in [4.78, 5) is 7.95. The van der Waals surface area contributed by atoms with Gasteiger partial charge in [-0.05, 0) is 12.1 Å². The van der Waals surface area contributed by atoms with E-state index in [1.807, 2.05) is 12.1 Å². The van der Waals surface area contributed by atoms with E-state index >= 15 is 0 Å². The molecular formula is C11H9ClN2O. The standard InChI is InChI=1S/C11H9ClN2O/c12-9-5-2-1-4-8(9)10(15)11-13-6-3-7-14-11/h1-7,10,15H. The van der Waals surface area contributed by atoms with Crippen molar-refractivity contribution in [3.63, 3.8) is 0 Å². The van der Waals surface area contributed by atoms with E-state index < -0.39 is 6.10 Å². The zero-order chi connectivity index (χ0) is 10.7. The summed E-state index contributed by atoms with van der Waals surface area (Å²) >= 11 is 5.95. The highest BCUT2D eigenvalue weighted by Crippen LogP contribution is 2.25. The molecule has 0 saturated carbocycles. The molecule has 0 aliphatic heterocycles. The number of aromatic nitrogens is 2. The van der Waals surface area contributed by atoms with Crippen LogP contribution in [0.2, 0.25) is 5.02 Å². The molecule has 0 aliphatic rings. The summed E-state index contributed by atoms with van der Waals surface area (Å²) in [6.07, 6.45) is 2.30. The number of halogens is 1. The third-order valence-corrected chi connectivity index (χ3v) is 2.37. The molecule has 76 valence electrons. The second-order valence-electron chi connectivity index (χ2n) is 3.03. The highest BCUT2D eigenvalue weighted by atomic mass is 35.5. The Morgan fingerprint density at radius 3 is 2.40 bits per heavy atom. The molecule has 0 fully saturated rings. The highest BCUT2D eigenvalue weighted by molar-refractivity contribution is 6.31. The first-order valence-electron chi connectivity index (χ1n) is 4.48. The van der Waals surface area contributed by atoms with E-state index in [9.17, 15) is 5.11 Å². The van der Waals surface area contributed by atoms with Gasteiger partial charge in [-0.1, -0.05) is 29.8 Å². The minimum absolute atomic E-state index is 0.352. The van der Waals surface area contributed by atoms with Crippen LogP contribution in [0.3, 0.4) is 0 Å². The van der Waals surface area contributed by atoms with Crippen LogP contribution in [-0.2, 0) is 0 Å². The quantitative estimate of drug-likeness (QED) is 0.844. The number of nitrogens with zero attached hydrogens (tertiary/aromatic N) is 2. The van der Waals surface area contributed by atoms with Crippen molar-refractivity contribution < 1.29 is 5.11 Å². The van der Waals surface area contributed by atoms with Crippen LogP contribution in [0.1, 0.15) is 17.5 Å². The molecule has 2 rings (SSSR count). The molecule has 1 heterocycles. The molecule has 0 spiro atoms. The third-order valence-electron chi connectivity index (χ3n) is 2.03. The summed E-state index contributed by atoms with van der Waals surface area (Å²) in [6.45, 7) is 0. The van der Waals surface area contributed by atoms with Gasteiger partial charge in [0.15, 0.2) is 5.82 Å². The molecule has 1 aromatic carbocycles. The fourth-order valence-electron chi connectivity index (χ4n) is 1.29. The lowest BCUT2D eigenvalue weighted by atomic mass is 10.1. The molecule has 0 bridgehead atoms. The Kier molecular flexibility index (Phi) is 2.94. The second-order valence-corrected chi connectivity index (χ2v) is 3.44. The van der Waals surface area contributed by atoms with Crippen molar-refractivity contribution in [3.05, 3.63) is 59.1 Å². The Balaban J connectivity index is 2.37. The average Bonchev–Trinajstić information content (AvgIpc) is 2.30. The number of hydrogen-bond donors (Lipinski definition) is 1. The number of aliphatic hydroxyl groups excluding tert-OH is 1. The van der Waals surface area contributed by atoms with Crippen molar-refractivity contribution in [1.82, 2.24) is 9.97 Å². The molecule has 1 N–H and O–H groups in total. The summed E-state index contributed by atoms with van der Waals surface area (Å²) in [7, 11) is 0. The van der Waals surface area contributed by atoms with Gasteiger partial charge in [-0.15, -0.1) is 0 Å². The molecule has 1 aromatic heterocycles. The van der Waals surface area contributed by atoms with Crippen LogP contribution >= 0.6 is 11.6 Å². The van der Waals surface area contributed by atoms with E-state index in [0.717, 1.165) is 0 Å². The first-order valence-corrected chi connectivity index (χ1v) is 4.86. The van der Waals surface area contributed by atoms with Crippen molar-refractivity contribution in [2.24, 2.45) is 0 Å². The number of aliphatic hydroxyl groups is 1. The van der Waals surface area contributed by atoms with Gasteiger partial charge in [-0.3, -0.25) is 0 Å². The Morgan fingerprint density at radius 1 is 1.07 bits per heavy atom. The van der Waals surface area contributed by atoms with E-state index in [0.29, 0.717) is 16.4 Å². The van der Waals surface area contributed by atoms with Crippen LogP contribution in [0.15, 0.2) is 42.7 Å². The largest absolute Gasteiger partial charge is 0.380 e. The molecule has 2 aromatic rings. The first kappa shape index (κ1) is 10.1. The van der Waals surface area contributed by atoms with Crippen LogP contribution in [0.4, 0.5) is 0 Å². The van der Waals surface area contributed by atoms with Gasteiger partial charge in [0.05, 0.1) is 0 Å². The highest BCUT2D eigenvalue weighted by Gasteiger charge is 2.15. The lowest BCUT2D eigenvalue weighted by Gasteiger charge is -2.10. The van der Waals surface area contributed by atoms with Crippen molar-refractivity contribution in [1.29, 1.82) is 0 Å². The summed E-state index contributed by atoms with van der Waals surface area (Å²) in [5, 5.41) is 10.5. The smallest absolute Gasteiger partial charge is 0.161 e. The molecule has 0 amide bonds. The van der Waals surface area contributed by atoms with Crippen molar-refractivity contribution >= 4 is 11.6 Å². The van der Waals surface area contributed by atoms with Crippen LogP contribution in [0.5, 0.6) is 0 Å². The minimum atomic E-state index is -0.875.